The maximum absolute atomic E-state index is 13.2. The lowest BCUT2D eigenvalue weighted by Crippen LogP contribution is -2.52. The van der Waals surface area contributed by atoms with Crippen LogP contribution in [0.15, 0.2) is 48.7 Å². The van der Waals surface area contributed by atoms with E-state index in [0.717, 1.165) is 88.2 Å². The molecule has 290 valence electrons. The van der Waals surface area contributed by atoms with Crippen molar-refractivity contribution in [2.75, 3.05) is 63.1 Å². The Kier molecular flexibility index (Phi) is 10.1. The molecule has 15 nitrogen and oxygen atoms in total. The lowest BCUT2D eigenvalue weighted by Gasteiger charge is -2.39. The first-order chi connectivity index (χ1) is 26.6. The average molecular weight is 751 g/mol. The molecule has 0 spiro atoms. The van der Waals surface area contributed by atoms with Gasteiger partial charge in [0.2, 0.25) is 11.8 Å². The number of nitrogens with one attached hydrogen (secondary N) is 2. The maximum atomic E-state index is 13.2. The summed E-state index contributed by atoms with van der Waals surface area (Å²) in [7, 11) is 1.83. The van der Waals surface area contributed by atoms with Crippen LogP contribution in [0.4, 0.5) is 22.1 Å². The fourth-order valence-corrected chi connectivity index (χ4v) is 8.70. The Morgan fingerprint density at radius 1 is 0.982 bits per heavy atom. The molecule has 55 heavy (non-hydrogen) atoms. The number of hydrogen-bond acceptors (Lipinski definition) is 10. The third kappa shape index (κ3) is 7.44. The first-order valence-electron chi connectivity index (χ1n) is 19.4. The molecule has 0 radical (unpaired) electrons. The number of anilines is 3. The number of unbranched alkanes of at least 4 members (excludes halogenated alkanes) is 1. The molecular formula is C40H50N10O5. The van der Waals surface area contributed by atoms with Crippen LogP contribution in [0.3, 0.4) is 0 Å². The van der Waals surface area contributed by atoms with Gasteiger partial charge in [-0.1, -0.05) is 24.3 Å². The van der Waals surface area contributed by atoms with E-state index in [1.807, 2.05) is 36.2 Å². The molecule has 6 heterocycles. The number of benzene rings is 2. The zero-order valence-corrected chi connectivity index (χ0v) is 31.2. The number of nitrogens with zero attached hydrogens (tertiary/aromatic N) is 7. The molecule has 8 rings (SSSR count). The highest BCUT2D eigenvalue weighted by molar-refractivity contribution is 6.05. The topological polar surface area (TPSA) is 177 Å². The van der Waals surface area contributed by atoms with E-state index in [9.17, 15) is 24.0 Å². The molecule has 0 aliphatic carbocycles. The fraction of sp³-hybridized carbons (Fsp3) is 0.475. The van der Waals surface area contributed by atoms with Crippen molar-refractivity contribution in [2.24, 2.45) is 5.73 Å². The van der Waals surface area contributed by atoms with Crippen molar-refractivity contribution < 1.29 is 25.4 Å². The predicted octanol–water partition coefficient (Wildman–Crippen LogP) is 3.08. The van der Waals surface area contributed by atoms with Gasteiger partial charge in [-0.3, -0.25) is 24.5 Å². The molecule has 5 aliphatic heterocycles. The zero-order chi connectivity index (χ0) is 38.2. The van der Waals surface area contributed by atoms with Crippen molar-refractivity contribution in [1.29, 1.82) is 0 Å². The SMILES string of the molecule is CN1CCN([C@@H]2CCCN(c3cnc(C(N)=O)c(Nc4ccc(C5CN(CCCCc6cccc7c6CN(C6CCC(=O)NC6=O)C7=O)C5)cc4)n3)C2)C1=O.[HH]. The smallest absolute Gasteiger partial charge is 0.320 e. The van der Waals surface area contributed by atoms with Crippen LogP contribution in [0.25, 0.3) is 0 Å². The number of carbonyl (C=O) groups is 5. The number of hydrogen-bond donors (Lipinski definition) is 3. The quantitative estimate of drug-likeness (QED) is 0.184. The van der Waals surface area contributed by atoms with Crippen molar-refractivity contribution in [1.82, 2.24) is 34.9 Å². The number of amides is 6. The maximum Gasteiger partial charge on any atom is 0.320 e. The highest BCUT2D eigenvalue weighted by atomic mass is 16.2. The van der Waals surface area contributed by atoms with E-state index in [0.29, 0.717) is 42.6 Å². The Morgan fingerprint density at radius 3 is 2.55 bits per heavy atom. The molecule has 2 aromatic carbocycles. The van der Waals surface area contributed by atoms with E-state index in [1.165, 1.54) is 5.56 Å². The third-order valence-corrected chi connectivity index (χ3v) is 11.9. The van der Waals surface area contributed by atoms with Gasteiger partial charge in [-0.15, -0.1) is 0 Å². The second-order valence-corrected chi connectivity index (χ2v) is 15.4. The molecule has 5 aliphatic rings. The molecule has 4 N–H and O–H groups in total. The van der Waals surface area contributed by atoms with Gasteiger partial charge in [0.25, 0.3) is 11.8 Å². The summed E-state index contributed by atoms with van der Waals surface area (Å²) in [6, 6.07) is 13.6. The van der Waals surface area contributed by atoms with Crippen LogP contribution in [0.5, 0.6) is 0 Å². The Labute approximate surface area is 321 Å². The number of nitrogens with two attached hydrogens (primary N) is 1. The predicted molar refractivity (Wildman–Crippen MR) is 207 cm³/mol. The summed E-state index contributed by atoms with van der Waals surface area (Å²) in [5.41, 5.74) is 10.6. The van der Waals surface area contributed by atoms with Crippen molar-refractivity contribution in [3.05, 3.63) is 76.6 Å². The van der Waals surface area contributed by atoms with Gasteiger partial charge in [-0.25, -0.2) is 14.8 Å². The van der Waals surface area contributed by atoms with E-state index in [2.05, 4.69) is 43.6 Å². The summed E-state index contributed by atoms with van der Waals surface area (Å²) < 4.78 is 0. The Bertz CT molecular complexity index is 2010. The van der Waals surface area contributed by atoms with Crippen LogP contribution >= 0.6 is 0 Å². The minimum Gasteiger partial charge on any atom is -0.364 e. The zero-order valence-electron chi connectivity index (χ0n) is 31.2. The molecule has 0 saturated carbocycles. The third-order valence-electron chi connectivity index (χ3n) is 11.9. The van der Waals surface area contributed by atoms with Gasteiger partial charge in [-0.2, -0.15) is 0 Å². The molecule has 6 amide bonds. The lowest BCUT2D eigenvalue weighted by atomic mass is 9.91. The Balaban J connectivity index is 0.00000480. The standard InChI is InChI=1S/C40H48N10O5.H2/c1-46-18-19-49(40(46)55)29-8-5-17-48(23-29)33-20-42-35(36(41)52)37(44-33)43-28-12-10-25(11-13-28)27-21-47(22-27)16-3-2-6-26-7-4-9-30-31(26)24-50(39(30)54)32-14-15-34(51)45-38(32)53;/h4,7,9-13,20,27,29,32H,2-3,5-6,8,14-19,21-24H2,1H3,(H2,41,52)(H,43,44)(H,45,51,53);1H/t29-,32?;/m1./s1. The lowest BCUT2D eigenvalue weighted by molar-refractivity contribution is -0.136. The minimum absolute atomic E-state index is 0. The first kappa shape index (κ1) is 36.4. The summed E-state index contributed by atoms with van der Waals surface area (Å²) >= 11 is 0. The van der Waals surface area contributed by atoms with E-state index in [1.54, 1.807) is 16.0 Å². The molecule has 4 saturated heterocycles. The van der Waals surface area contributed by atoms with Crippen LogP contribution in [0.2, 0.25) is 0 Å². The van der Waals surface area contributed by atoms with E-state index in [-0.39, 0.29) is 43.3 Å². The number of aromatic nitrogens is 2. The normalized spacial score (nSPS) is 21.9. The van der Waals surface area contributed by atoms with Crippen LogP contribution in [0.1, 0.15) is 83.4 Å². The monoisotopic (exact) mass is 750 g/mol. The number of aryl methyl sites for hydroxylation is 1. The summed E-state index contributed by atoms with van der Waals surface area (Å²) in [4.78, 5) is 81.3. The largest absolute Gasteiger partial charge is 0.364 e. The highest BCUT2D eigenvalue weighted by Gasteiger charge is 2.40. The van der Waals surface area contributed by atoms with E-state index < -0.39 is 11.9 Å². The van der Waals surface area contributed by atoms with Crippen molar-refractivity contribution in [3.63, 3.8) is 0 Å². The molecular weight excluding hydrogens is 701 g/mol. The van der Waals surface area contributed by atoms with Gasteiger partial charge in [0.15, 0.2) is 11.5 Å². The summed E-state index contributed by atoms with van der Waals surface area (Å²) in [5, 5.41) is 5.65. The van der Waals surface area contributed by atoms with Crippen LogP contribution in [0, 0.1) is 0 Å². The van der Waals surface area contributed by atoms with Gasteiger partial charge in [-0.05, 0) is 80.0 Å². The van der Waals surface area contributed by atoms with Gasteiger partial charge >= 0.3 is 6.03 Å². The number of likely N-dealkylation sites (tertiary alicyclic amines) is 1. The molecule has 4 fully saturated rings. The molecule has 2 atom stereocenters. The van der Waals surface area contributed by atoms with Crippen molar-refractivity contribution >= 4 is 47.0 Å². The number of likely N-dealkylation sites (N-methyl/N-ethyl adjacent to an activating group) is 1. The number of urea groups is 1. The number of piperidine rings is 2. The number of primary amides is 1. The molecule has 1 aromatic heterocycles. The van der Waals surface area contributed by atoms with Crippen LogP contribution in [-0.2, 0) is 22.6 Å². The van der Waals surface area contributed by atoms with Crippen molar-refractivity contribution in [3.8, 4) is 0 Å². The first-order valence-corrected chi connectivity index (χ1v) is 19.4. The summed E-state index contributed by atoms with van der Waals surface area (Å²) in [6.45, 7) is 6.27. The molecule has 0 bridgehead atoms. The summed E-state index contributed by atoms with van der Waals surface area (Å²) in [6.07, 6.45) is 6.97. The summed E-state index contributed by atoms with van der Waals surface area (Å²) in [5.74, 6) is -0.0672. The van der Waals surface area contributed by atoms with Gasteiger partial charge in [0.05, 0.1) is 12.2 Å². The fourth-order valence-electron chi connectivity index (χ4n) is 8.70. The second kappa shape index (κ2) is 15.3. The number of rotatable bonds is 12. The average Bonchev–Trinajstić information content (AvgIpc) is 3.68. The van der Waals surface area contributed by atoms with E-state index >= 15 is 0 Å². The van der Waals surface area contributed by atoms with Gasteiger partial charge in [0, 0.05) is 77.9 Å². The second-order valence-electron chi connectivity index (χ2n) is 15.4. The van der Waals surface area contributed by atoms with Crippen LogP contribution in [-0.4, -0.2) is 124 Å². The van der Waals surface area contributed by atoms with Crippen molar-refractivity contribution in [2.45, 2.75) is 69.5 Å². The van der Waals surface area contributed by atoms with Crippen LogP contribution < -0.4 is 21.3 Å². The molecule has 3 aromatic rings. The number of imide groups is 1. The highest BCUT2D eigenvalue weighted by Crippen LogP contribution is 2.32. The molecule has 15 heteroatoms. The van der Waals surface area contributed by atoms with Gasteiger partial charge in [0.1, 0.15) is 11.9 Å². The van der Waals surface area contributed by atoms with E-state index in [4.69, 9.17) is 10.7 Å². The molecule has 1 unspecified atom stereocenters. The Hall–Kier alpha value is -5.57. The van der Waals surface area contributed by atoms with Gasteiger partial charge < -0.3 is 35.6 Å². The Morgan fingerprint density at radius 2 is 1.80 bits per heavy atom. The minimum atomic E-state index is -0.658. The number of fused-ring (bicyclic) bond motifs is 1. The number of carbonyl (C=O) groups excluding carboxylic acids is 5.